The number of anilines is 2. The van der Waals surface area contributed by atoms with E-state index >= 15 is 0 Å². The molecular weight excluding hydrogens is 368 g/mol. The summed E-state index contributed by atoms with van der Waals surface area (Å²) in [6.07, 6.45) is 1.28. The molecule has 1 N–H and O–H groups in total. The van der Waals surface area contributed by atoms with Crippen LogP contribution in [0.25, 0.3) is 5.78 Å². The number of halogens is 4. The molecule has 108 valence electrons. The van der Waals surface area contributed by atoms with Gasteiger partial charge in [-0.1, -0.05) is 27.5 Å². The lowest BCUT2D eigenvalue weighted by molar-refractivity contribution is 0.589. The van der Waals surface area contributed by atoms with Crippen LogP contribution >= 0.6 is 27.5 Å². The van der Waals surface area contributed by atoms with Gasteiger partial charge in [0.1, 0.15) is 23.0 Å². The molecule has 0 spiro atoms. The monoisotopic (exact) mass is 373 g/mol. The molecule has 2 aromatic heterocycles. The minimum absolute atomic E-state index is 0.177. The van der Waals surface area contributed by atoms with Crippen LogP contribution in [0.15, 0.2) is 22.9 Å². The summed E-state index contributed by atoms with van der Waals surface area (Å²) in [7, 11) is 0. The molecule has 0 fully saturated rings. The second kappa shape index (κ2) is 5.19. The molecule has 2 heterocycles. The first kappa shape index (κ1) is 14.2. The average Bonchev–Trinajstić information content (AvgIpc) is 2.85. The van der Waals surface area contributed by atoms with E-state index in [1.54, 1.807) is 6.92 Å². The Labute approximate surface area is 131 Å². The minimum atomic E-state index is -0.748. The maximum atomic E-state index is 13.9. The molecular formula is C12H7BrClF2N5. The standard InChI is InChI=1S/C12H7BrClF2N5/c1-5-10(14)20-12-17-4-18-21(12)11(5)19-9-7(15)2-6(13)3-8(9)16/h2-4,19H,1H3. The lowest BCUT2D eigenvalue weighted by atomic mass is 10.2. The number of hydrogen-bond donors (Lipinski definition) is 1. The van der Waals surface area contributed by atoms with Crippen LogP contribution in [0.3, 0.4) is 0 Å². The smallest absolute Gasteiger partial charge is 0.255 e. The van der Waals surface area contributed by atoms with Crippen LogP contribution in [0.5, 0.6) is 0 Å². The molecule has 0 aliphatic carbocycles. The van der Waals surface area contributed by atoms with Crippen molar-refractivity contribution in [2.24, 2.45) is 0 Å². The van der Waals surface area contributed by atoms with Crippen molar-refractivity contribution in [3.8, 4) is 0 Å². The van der Waals surface area contributed by atoms with Gasteiger partial charge in [0.25, 0.3) is 5.78 Å². The van der Waals surface area contributed by atoms with E-state index in [1.165, 1.54) is 10.8 Å². The molecule has 0 saturated heterocycles. The number of aromatic nitrogens is 4. The van der Waals surface area contributed by atoms with E-state index in [2.05, 4.69) is 36.3 Å². The van der Waals surface area contributed by atoms with Gasteiger partial charge in [0.2, 0.25) is 0 Å². The Morgan fingerprint density at radius 3 is 2.62 bits per heavy atom. The van der Waals surface area contributed by atoms with Gasteiger partial charge in [-0.2, -0.15) is 19.6 Å². The Balaban J connectivity index is 2.19. The van der Waals surface area contributed by atoms with Crippen molar-refractivity contribution in [3.05, 3.63) is 45.3 Å². The third kappa shape index (κ3) is 2.44. The van der Waals surface area contributed by atoms with Crippen molar-refractivity contribution in [2.45, 2.75) is 6.92 Å². The highest BCUT2D eigenvalue weighted by molar-refractivity contribution is 9.10. The van der Waals surface area contributed by atoms with Crippen molar-refractivity contribution in [1.29, 1.82) is 0 Å². The van der Waals surface area contributed by atoms with E-state index < -0.39 is 11.6 Å². The lowest BCUT2D eigenvalue weighted by Gasteiger charge is -2.13. The number of hydrogen-bond acceptors (Lipinski definition) is 4. The number of fused-ring (bicyclic) bond motifs is 1. The SMILES string of the molecule is Cc1c(Cl)nc2ncnn2c1Nc1c(F)cc(Br)cc1F. The highest BCUT2D eigenvalue weighted by atomic mass is 79.9. The van der Waals surface area contributed by atoms with Crippen LogP contribution in [0, 0.1) is 18.6 Å². The van der Waals surface area contributed by atoms with Crippen LogP contribution in [-0.4, -0.2) is 19.6 Å². The maximum absolute atomic E-state index is 13.9. The van der Waals surface area contributed by atoms with Gasteiger partial charge in [-0.15, -0.1) is 0 Å². The normalized spacial score (nSPS) is 11.1. The molecule has 0 aliphatic rings. The Hall–Kier alpha value is -1.80. The molecule has 0 aliphatic heterocycles. The molecule has 0 saturated carbocycles. The zero-order valence-electron chi connectivity index (χ0n) is 10.5. The van der Waals surface area contributed by atoms with Crippen LogP contribution in [0.4, 0.5) is 20.3 Å². The molecule has 3 rings (SSSR count). The summed E-state index contributed by atoms with van der Waals surface area (Å²) in [6.45, 7) is 1.66. The van der Waals surface area contributed by atoms with Gasteiger partial charge in [0, 0.05) is 10.0 Å². The summed E-state index contributed by atoms with van der Waals surface area (Å²) in [5.74, 6) is -0.974. The minimum Gasteiger partial charge on any atom is -0.335 e. The highest BCUT2D eigenvalue weighted by Crippen LogP contribution is 2.30. The van der Waals surface area contributed by atoms with Gasteiger partial charge in [-0.05, 0) is 19.1 Å². The second-order valence-electron chi connectivity index (χ2n) is 4.22. The molecule has 0 radical (unpaired) electrons. The third-order valence-corrected chi connectivity index (χ3v) is 3.68. The quantitative estimate of drug-likeness (QED) is 0.692. The molecule has 3 aromatic rings. The molecule has 0 bridgehead atoms. The molecule has 0 unspecified atom stereocenters. The zero-order valence-corrected chi connectivity index (χ0v) is 12.9. The molecule has 0 atom stereocenters. The molecule has 5 nitrogen and oxygen atoms in total. The van der Waals surface area contributed by atoms with Gasteiger partial charge in [0.15, 0.2) is 11.6 Å². The van der Waals surface area contributed by atoms with Gasteiger partial charge in [-0.3, -0.25) is 0 Å². The predicted octanol–water partition coefficient (Wildman–Crippen LogP) is 3.87. The third-order valence-electron chi connectivity index (χ3n) is 2.85. The molecule has 1 aromatic carbocycles. The number of nitrogens with one attached hydrogen (secondary N) is 1. The number of nitrogens with zero attached hydrogens (tertiary/aromatic N) is 4. The van der Waals surface area contributed by atoms with Crippen molar-refractivity contribution < 1.29 is 8.78 Å². The van der Waals surface area contributed by atoms with Gasteiger partial charge < -0.3 is 5.32 Å². The molecule has 9 heteroatoms. The first-order valence-corrected chi connectivity index (χ1v) is 6.92. The summed E-state index contributed by atoms with van der Waals surface area (Å²) >= 11 is 9.02. The van der Waals surface area contributed by atoms with Crippen LogP contribution in [-0.2, 0) is 0 Å². The van der Waals surface area contributed by atoms with E-state index in [1.807, 2.05) is 0 Å². The van der Waals surface area contributed by atoms with Crippen molar-refractivity contribution in [2.75, 3.05) is 5.32 Å². The predicted molar refractivity (Wildman–Crippen MR) is 77.9 cm³/mol. The summed E-state index contributed by atoms with van der Waals surface area (Å²) in [4.78, 5) is 7.92. The van der Waals surface area contributed by atoms with Gasteiger partial charge in [0.05, 0.1) is 0 Å². The van der Waals surface area contributed by atoms with E-state index in [0.717, 1.165) is 12.1 Å². The summed E-state index contributed by atoms with van der Waals surface area (Å²) < 4.78 is 29.5. The Kier molecular flexibility index (Phi) is 3.50. The first-order chi connectivity index (χ1) is 9.97. The number of benzene rings is 1. The zero-order chi connectivity index (χ0) is 15.1. The van der Waals surface area contributed by atoms with Crippen molar-refractivity contribution in [1.82, 2.24) is 19.6 Å². The second-order valence-corrected chi connectivity index (χ2v) is 5.49. The summed E-state index contributed by atoms with van der Waals surface area (Å²) in [6, 6.07) is 2.31. The van der Waals surface area contributed by atoms with Crippen LogP contribution in [0.1, 0.15) is 5.56 Å². The fourth-order valence-corrected chi connectivity index (χ4v) is 2.39. The van der Waals surface area contributed by atoms with Crippen LogP contribution in [0.2, 0.25) is 5.15 Å². The molecule has 21 heavy (non-hydrogen) atoms. The highest BCUT2D eigenvalue weighted by Gasteiger charge is 2.17. The summed E-state index contributed by atoms with van der Waals surface area (Å²) in [5, 5.41) is 6.81. The lowest BCUT2D eigenvalue weighted by Crippen LogP contribution is -2.07. The Morgan fingerprint density at radius 2 is 1.95 bits per heavy atom. The fourth-order valence-electron chi connectivity index (χ4n) is 1.82. The van der Waals surface area contributed by atoms with Crippen molar-refractivity contribution >= 4 is 44.8 Å². The van der Waals surface area contributed by atoms with Gasteiger partial charge in [-0.25, -0.2) is 8.78 Å². The van der Waals surface area contributed by atoms with E-state index in [-0.39, 0.29) is 16.6 Å². The Bertz CT molecular complexity index is 828. The molecule has 0 amide bonds. The van der Waals surface area contributed by atoms with Gasteiger partial charge >= 0.3 is 0 Å². The van der Waals surface area contributed by atoms with E-state index in [4.69, 9.17) is 11.6 Å². The van der Waals surface area contributed by atoms with E-state index in [0.29, 0.717) is 15.9 Å². The summed E-state index contributed by atoms with van der Waals surface area (Å²) in [5.41, 5.74) is 0.191. The van der Waals surface area contributed by atoms with Crippen molar-refractivity contribution in [3.63, 3.8) is 0 Å². The van der Waals surface area contributed by atoms with E-state index in [9.17, 15) is 8.78 Å². The largest absolute Gasteiger partial charge is 0.335 e. The Morgan fingerprint density at radius 1 is 1.29 bits per heavy atom. The fraction of sp³-hybridized carbons (Fsp3) is 0.0833. The van der Waals surface area contributed by atoms with Crippen LogP contribution < -0.4 is 5.32 Å². The average molecular weight is 375 g/mol. The maximum Gasteiger partial charge on any atom is 0.255 e. The topological polar surface area (TPSA) is 55.1 Å². The first-order valence-electron chi connectivity index (χ1n) is 5.75. The number of rotatable bonds is 2.